The largest absolute Gasteiger partial charge is 0.387 e. The first-order valence-electron chi connectivity index (χ1n) is 6.84. The summed E-state index contributed by atoms with van der Waals surface area (Å²) in [6.07, 6.45) is 3.86. The summed E-state index contributed by atoms with van der Waals surface area (Å²) >= 11 is 0. The maximum atomic E-state index is 13.5. The van der Waals surface area contributed by atoms with Crippen molar-refractivity contribution in [2.75, 3.05) is 13.1 Å². The lowest BCUT2D eigenvalue weighted by Crippen LogP contribution is -2.32. The number of halogens is 2. The van der Waals surface area contributed by atoms with E-state index < -0.39 is 17.7 Å². The van der Waals surface area contributed by atoms with E-state index in [1.54, 1.807) is 0 Å². The molecular weight excluding hydrogens is 248 g/mol. The van der Waals surface area contributed by atoms with E-state index in [4.69, 9.17) is 0 Å². The normalized spacial score (nSPS) is 19.6. The first-order chi connectivity index (χ1) is 9.00. The molecule has 1 aromatic carbocycles. The first kappa shape index (κ1) is 14.4. The lowest BCUT2D eigenvalue weighted by atomic mass is 9.89. The fourth-order valence-electron chi connectivity index (χ4n) is 2.80. The summed E-state index contributed by atoms with van der Waals surface area (Å²) in [4.78, 5) is 0. The molecule has 0 aliphatic heterocycles. The molecule has 2 rings (SSSR count). The van der Waals surface area contributed by atoms with E-state index in [1.165, 1.54) is 25.7 Å². The zero-order valence-electron chi connectivity index (χ0n) is 11.3. The van der Waals surface area contributed by atoms with Gasteiger partial charge in [0.1, 0.15) is 11.6 Å². The van der Waals surface area contributed by atoms with E-state index in [-0.39, 0.29) is 17.5 Å². The van der Waals surface area contributed by atoms with Crippen LogP contribution in [0.2, 0.25) is 0 Å². The zero-order chi connectivity index (χ0) is 13.9. The number of hydrogen-bond acceptors (Lipinski definition) is 2. The summed E-state index contributed by atoms with van der Waals surface area (Å²) in [5.74, 6) is -1.10. The minimum Gasteiger partial charge on any atom is -0.387 e. The summed E-state index contributed by atoms with van der Waals surface area (Å²) in [7, 11) is 0. The van der Waals surface area contributed by atoms with E-state index in [9.17, 15) is 13.9 Å². The van der Waals surface area contributed by atoms with Gasteiger partial charge in [-0.1, -0.05) is 19.8 Å². The van der Waals surface area contributed by atoms with E-state index in [1.807, 2.05) is 0 Å². The molecule has 0 spiro atoms. The van der Waals surface area contributed by atoms with Gasteiger partial charge < -0.3 is 10.4 Å². The Labute approximate surface area is 112 Å². The monoisotopic (exact) mass is 269 g/mol. The van der Waals surface area contributed by atoms with Crippen LogP contribution in [0, 0.1) is 17.0 Å². The van der Waals surface area contributed by atoms with E-state index in [0.717, 1.165) is 24.7 Å². The van der Waals surface area contributed by atoms with Gasteiger partial charge in [-0.15, -0.1) is 0 Å². The molecule has 0 aromatic heterocycles. The topological polar surface area (TPSA) is 32.3 Å². The van der Waals surface area contributed by atoms with Gasteiger partial charge >= 0.3 is 0 Å². The van der Waals surface area contributed by atoms with Crippen molar-refractivity contribution in [1.29, 1.82) is 0 Å². The molecular formula is C15H21F2NO. The van der Waals surface area contributed by atoms with Crippen LogP contribution in [-0.2, 0) is 0 Å². The number of hydrogen-bond donors (Lipinski definition) is 2. The Hall–Kier alpha value is -1.00. The number of rotatable bonds is 5. The number of benzene rings is 1. The van der Waals surface area contributed by atoms with Crippen molar-refractivity contribution in [3.8, 4) is 0 Å². The molecule has 19 heavy (non-hydrogen) atoms. The summed E-state index contributed by atoms with van der Waals surface area (Å²) < 4.78 is 26.5. The summed E-state index contributed by atoms with van der Waals surface area (Å²) in [6, 6.07) is 3.16. The van der Waals surface area contributed by atoms with E-state index in [0.29, 0.717) is 0 Å². The molecule has 0 saturated heterocycles. The van der Waals surface area contributed by atoms with Crippen molar-refractivity contribution in [2.24, 2.45) is 5.41 Å². The molecule has 2 N–H and O–H groups in total. The van der Waals surface area contributed by atoms with Crippen LogP contribution in [0.1, 0.15) is 44.3 Å². The lowest BCUT2D eigenvalue weighted by molar-refractivity contribution is 0.162. The molecule has 0 radical (unpaired) electrons. The van der Waals surface area contributed by atoms with Gasteiger partial charge in [-0.25, -0.2) is 8.78 Å². The highest BCUT2D eigenvalue weighted by molar-refractivity contribution is 5.21. The summed E-state index contributed by atoms with van der Waals surface area (Å²) in [5, 5.41) is 13.1. The third-order valence-electron chi connectivity index (χ3n) is 4.02. The van der Waals surface area contributed by atoms with Crippen LogP contribution in [0.5, 0.6) is 0 Å². The Balaban J connectivity index is 1.87. The Morgan fingerprint density at radius 2 is 2.00 bits per heavy atom. The SMILES string of the molecule is CC1(CNCC(O)c2cc(F)ccc2F)CCCC1. The van der Waals surface area contributed by atoms with E-state index in [2.05, 4.69) is 12.2 Å². The van der Waals surface area contributed by atoms with Crippen LogP contribution < -0.4 is 5.32 Å². The van der Waals surface area contributed by atoms with Gasteiger partial charge in [-0.3, -0.25) is 0 Å². The quantitative estimate of drug-likeness (QED) is 0.860. The van der Waals surface area contributed by atoms with Crippen LogP contribution in [0.3, 0.4) is 0 Å². The molecule has 1 aliphatic rings. The van der Waals surface area contributed by atoms with Crippen LogP contribution in [0.15, 0.2) is 18.2 Å². The van der Waals surface area contributed by atoms with Crippen molar-refractivity contribution in [1.82, 2.24) is 5.32 Å². The number of aliphatic hydroxyl groups excluding tert-OH is 1. The molecule has 2 nitrogen and oxygen atoms in total. The Morgan fingerprint density at radius 1 is 1.32 bits per heavy atom. The third-order valence-corrected chi connectivity index (χ3v) is 4.02. The maximum Gasteiger partial charge on any atom is 0.129 e. The van der Waals surface area contributed by atoms with E-state index >= 15 is 0 Å². The molecule has 1 unspecified atom stereocenters. The Bertz CT molecular complexity index is 430. The minimum atomic E-state index is -1.01. The van der Waals surface area contributed by atoms with Crippen molar-refractivity contribution >= 4 is 0 Å². The summed E-state index contributed by atoms with van der Waals surface area (Å²) in [6.45, 7) is 3.28. The second-order valence-electron chi connectivity index (χ2n) is 5.83. The molecule has 4 heteroatoms. The summed E-state index contributed by atoms with van der Waals surface area (Å²) in [5.41, 5.74) is 0.296. The molecule has 106 valence electrons. The molecule has 1 atom stereocenters. The molecule has 0 amide bonds. The van der Waals surface area contributed by atoms with Gasteiger partial charge in [0.25, 0.3) is 0 Å². The van der Waals surface area contributed by atoms with Crippen molar-refractivity contribution in [3.63, 3.8) is 0 Å². The highest BCUT2D eigenvalue weighted by atomic mass is 19.1. The Kier molecular flexibility index (Phi) is 4.53. The van der Waals surface area contributed by atoms with Gasteiger partial charge in [0, 0.05) is 18.7 Å². The van der Waals surface area contributed by atoms with Crippen LogP contribution in [-0.4, -0.2) is 18.2 Å². The van der Waals surface area contributed by atoms with Crippen LogP contribution in [0.4, 0.5) is 8.78 Å². The molecule has 1 aliphatic carbocycles. The van der Waals surface area contributed by atoms with Crippen molar-refractivity contribution < 1.29 is 13.9 Å². The average molecular weight is 269 g/mol. The standard InChI is InChI=1S/C15H21F2NO/c1-15(6-2-3-7-15)10-18-9-14(19)12-8-11(16)4-5-13(12)17/h4-5,8,14,18-19H,2-3,6-7,9-10H2,1H3. The van der Waals surface area contributed by atoms with Gasteiger partial charge in [0.05, 0.1) is 6.10 Å². The molecule has 1 aromatic rings. The fraction of sp³-hybridized carbons (Fsp3) is 0.600. The average Bonchev–Trinajstić information content (AvgIpc) is 2.79. The second kappa shape index (κ2) is 5.97. The number of aliphatic hydroxyl groups is 1. The molecule has 1 fully saturated rings. The van der Waals surface area contributed by atoms with Gasteiger partial charge in [0.2, 0.25) is 0 Å². The fourth-order valence-corrected chi connectivity index (χ4v) is 2.80. The molecule has 0 bridgehead atoms. The second-order valence-corrected chi connectivity index (χ2v) is 5.83. The van der Waals surface area contributed by atoms with Gasteiger partial charge in [-0.05, 0) is 36.5 Å². The third kappa shape index (κ3) is 3.74. The van der Waals surface area contributed by atoms with Gasteiger partial charge in [-0.2, -0.15) is 0 Å². The number of nitrogens with one attached hydrogen (secondary N) is 1. The molecule has 1 saturated carbocycles. The van der Waals surface area contributed by atoms with Crippen LogP contribution in [0.25, 0.3) is 0 Å². The minimum absolute atomic E-state index is 0.0177. The first-order valence-corrected chi connectivity index (χ1v) is 6.84. The predicted molar refractivity (Wildman–Crippen MR) is 70.8 cm³/mol. The zero-order valence-corrected chi connectivity index (χ0v) is 11.3. The Morgan fingerprint density at radius 3 is 2.68 bits per heavy atom. The van der Waals surface area contributed by atoms with Crippen molar-refractivity contribution in [3.05, 3.63) is 35.4 Å². The lowest BCUT2D eigenvalue weighted by Gasteiger charge is -2.24. The van der Waals surface area contributed by atoms with Crippen molar-refractivity contribution in [2.45, 2.75) is 38.7 Å². The van der Waals surface area contributed by atoms with Crippen LogP contribution >= 0.6 is 0 Å². The smallest absolute Gasteiger partial charge is 0.129 e. The van der Waals surface area contributed by atoms with Gasteiger partial charge in [0.15, 0.2) is 0 Å². The predicted octanol–water partition coefficient (Wildman–Crippen LogP) is 3.17. The maximum absolute atomic E-state index is 13.5. The molecule has 0 heterocycles. The highest BCUT2D eigenvalue weighted by Crippen LogP contribution is 2.36. The highest BCUT2D eigenvalue weighted by Gasteiger charge is 2.28.